The molecule has 0 aliphatic rings. The zero-order valence-corrected chi connectivity index (χ0v) is 5.26. The van der Waals surface area contributed by atoms with Crippen LogP contribution < -0.4 is 0 Å². The molecule has 0 aromatic heterocycles. The molecule has 0 radical (unpaired) electrons. The average molecular weight is 138 g/mol. The Balaban J connectivity index is 4.01. The summed E-state index contributed by atoms with van der Waals surface area (Å²) in [5.41, 5.74) is 0.0949. The number of allylic oxidation sites excluding steroid dienone is 2. The highest BCUT2D eigenvalue weighted by atomic mass is 19.1. The van der Waals surface area contributed by atoms with Gasteiger partial charge in [-0.1, -0.05) is 0 Å². The Morgan fingerprint density at radius 1 is 1.00 bits per heavy atom. The Labute approximate surface area is 52.4 Å². The minimum Gasteiger partial charge on any atom is -0.246 e. The molecular formula is C6H9F3. The van der Waals surface area contributed by atoms with Gasteiger partial charge in [0.2, 0.25) is 0 Å². The molecule has 0 bridgehead atoms. The van der Waals surface area contributed by atoms with Crippen LogP contribution in [0.25, 0.3) is 0 Å². The molecular weight excluding hydrogens is 129 g/mol. The molecule has 0 heterocycles. The van der Waals surface area contributed by atoms with Crippen molar-refractivity contribution in [1.29, 1.82) is 0 Å². The Hall–Kier alpha value is -0.470. The Kier molecular flexibility index (Phi) is 4.18. The monoisotopic (exact) mass is 138 g/mol. The first-order valence-corrected chi connectivity index (χ1v) is 2.61. The van der Waals surface area contributed by atoms with E-state index in [1.54, 1.807) is 0 Å². The molecule has 54 valence electrons. The van der Waals surface area contributed by atoms with Crippen LogP contribution in [-0.2, 0) is 0 Å². The molecule has 0 aliphatic heterocycles. The van der Waals surface area contributed by atoms with Gasteiger partial charge in [0.15, 0.2) is 0 Å². The standard InChI is InChI=1S/C6H9F3/c1-5(2-7)6(3-8)4-9/h2-4H2,1H3. The Bertz CT molecular complexity index is 101. The van der Waals surface area contributed by atoms with Crippen molar-refractivity contribution in [1.82, 2.24) is 0 Å². The van der Waals surface area contributed by atoms with Gasteiger partial charge in [-0.15, -0.1) is 0 Å². The third-order valence-corrected chi connectivity index (χ3v) is 1.13. The minimum atomic E-state index is -0.883. The lowest BCUT2D eigenvalue weighted by Gasteiger charge is -1.98. The SMILES string of the molecule is CC(CF)=C(CF)CF. The molecule has 0 aromatic rings. The minimum absolute atomic E-state index is 0.0718. The molecule has 0 unspecified atom stereocenters. The first-order chi connectivity index (χ1) is 4.26. The maximum Gasteiger partial charge on any atom is 0.113 e. The summed E-state index contributed by atoms with van der Waals surface area (Å²) in [5, 5.41) is 0. The normalized spacial score (nSPS) is 9.33. The molecule has 0 amide bonds. The maximum atomic E-state index is 11.6. The van der Waals surface area contributed by atoms with Crippen LogP contribution in [0.3, 0.4) is 0 Å². The quantitative estimate of drug-likeness (QED) is 0.524. The summed E-state index contributed by atoms with van der Waals surface area (Å²) < 4.78 is 34.9. The third kappa shape index (κ3) is 2.54. The van der Waals surface area contributed by atoms with Crippen LogP contribution in [-0.4, -0.2) is 20.0 Å². The van der Waals surface area contributed by atoms with Gasteiger partial charge in [-0.05, 0) is 18.1 Å². The first kappa shape index (κ1) is 8.53. The zero-order chi connectivity index (χ0) is 7.28. The van der Waals surface area contributed by atoms with Crippen LogP contribution in [0, 0.1) is 0 Å². The molecule has 0 rings (SSSR count). The van der Waals surface area contributed by atoms with Crippen molar-refractivity contribution in [2.24, 2.45) is 0 Å². The second-order valence-electron chi connectivity index (χ2n) is 1.78. The van der Waals surface area contributed by atoms with Crippen molar-refractivity contribution in [2.45, 2.75) is 6.92 Å². The van der Waals surface area contributed by atoms with Crippen molar-refractivity contribution >= 4 is 0 Å². The summed E-state index contributed by atoms with van der Waals surface area (Å²) in [6, 6.07) is 0. The summed E-state index contributed by atoms with van der Waals surface area (Å²) >= 11 is 0. The summed E-state index contributed by atoms with van der Waals surface area (Å²) in [4.78, 5) is 0. The first-order valence-electron chi connectivity index (χ1n) is 2.61. The molecule has 0 saturated heterocycles. The molecule has 3 heteroatoms. The summed E-state index contributed by atoms with van der Waals surface area (Å²) in [5.74, 6) is 0. The second-order valence-corrected chi connectivity index (χ2v) is 1.78. The Morgan fingerprint density at radius 3 is 1.56 bits per heavy atom. The van der Waals surface area contributed by atoms with Crippen LogP contribution in [0.5, 0.6) is 0 Å². The van der Waals surface area contributed by atoms with Gasteiger partial charge in [-0.2, -0.15) is 0 Å². The smallest absolute Gasteiger partial charge is 0.113 e. The number of halogens is 3. The fourth-order valence-corrected chi connectivity index (χ4v) is 0.358. The largest absolute Gasteiger partial charge is 0.246 e. The van der Waals surface area contributed by atoms with Crippen molar-refractivity contribution in [3.63, 3.8) is 0 Å². The fourth-order valence-electron chi connectivity index (χ4n) is 0.358. The predicted molar refractivity (Wildman–Crippen MR) is 30.6 cm³/mol. The molecule has 9 heavy (non-hydrogen) atoms. The van der Waals surface area contributed by atoms with Crippen molar-refractivity contribution < 1.29 is 13.2 Å². The van der Waals surface area contributed by atoms with E-state index in [-0.39, 0.29) is 11.1 Å². The summed E-state index contributed by atoms with van der Waals surface area (Å²) in [6.45, 7) is -1.14. The average Bonchev–Trinajstić information content (AvgIpc) is 1.90. The van der Waals surface area contributed by atoms with E-state index in [2.05, 4.69) is 0 Å². The number of hydrogen-bond donors (Lipinski definition) is 0. The van der Waals surface area contributed by atoms with Crippen molar-refractivity contribution in [3.05, 3.63) is 11.1 Å². The van der Waals surface area contributed by atoms with E-state index in [0.717, 1.165) is 0 Å². The molecule has 0 nitrogen and oxygen atoms in total. The highest BCUT2D eigenvalue weighted by Gasteiger charge is 1.99. The number of hydrogen-bond acceptors (Lipinski definition) is 0. The van der Waals surface area contributed by atoms with Crippen molar-refractivity contribution in [2.75, 3.05) is 20.0 Å². The van der Waals surface area contributed by atoms with Gasteiger partial charge >= 0.3 is 0 Å². The predicted octanol–water partition coefficient (Wildman–Crippen LogP) is 2.21. The van der Waals surface area contributed by atoms with Gasteiger partial charge in [0.05, 0.1) is 0 Å². The second kappa shape index (κ2) is 4.41. The molecule has 0 atom stereocenters. The van der Waals surface area contributed by atoms with E-state index >= 15 is 0 Å². The third-order valence-electron chi connectivity index (χ3n) is 1.13. The molecule has 0 fully saturated rings. The molecule has 0 aromatic carbocycles. The van der Waals surface area contributed by atoms with E-state index in [1.165, 1.54) is 6.92 Å². The lowest BCUT2D eigenvalue weighted by atomic mass is 10.2. The molecule has 0 spiro atoms. The van der Waals surface area contributed by atoms with E-state index < -0.39 is 20.0 Å². The van der Waals surface area contributed by atoms with Gasteiger partial charge in [0.25, 0.3) is 0 Å². The fraction of sp³-hybridized carbons (Fsp3) is 0.667. The lowest BCUT2D eigenvalue weighted by Crippen LogP contribution is -1.94. The maximum absolute atomic E-state index is 11.6. The van der Waals surface area contributed by atoms with Crippen LogP contribution in [0.15, 0.2) is 11.1 Å². The lowest BCUT2D eigenvalue weighted by molar-refractivity contribution is 0.459. The van der Waals surface area contributed by atoms with Crippen LogP contribution in [0.4, 0.5) is 13.2 Å². The van der Waals surface area contributed by atoms with Crippen molar-refractivity contribution in [3.8, 4) is 0 Å². The van der Waals surface area contributed by atoms with Crippen LogP contribution >= 0.6 is 0 Å². The van der Waals surface area contributed by atoms with E-state index in [1.807, 2.05) is 0 Å². The Morgan fingerprint density at radius 2 is 1.44 bits per heavy atom. The van der Waals surface area contributed by atoms with E-state index in [0.29, 0.717) is 0 Å². The topological polar surface area (TPSA) is 0 Å². The molecule has 0 aliphatic carbocycles. The summed E-state index contributed by atoms with van der Waals surface area (Å²) in [6.07, 6.45) is 0. The van der Waals surface area contributed by atoms with Crippen LogP contribution in [0.2, 0.25) is 0 Å². The van der Waals surface area contributed by atoms with E-state index in [9.17, 15) is 13.2 Å². The highest BCUT2D eigenvalue weighted by molar-refractivity contribution is 5.12. The number of rotatable bonds is 3. The van der Waals surface area contributed by atoms with Crippen LogP contribution in [0.1, 0.15) is 6.92 Å². The number of alkyl halides is 3. The summed E-state index contributed by atoms with van der Waals surface area (Å²) in [7, 11) is 0. The van der Waals surface area contributed by atoms with Gasteiger partial charge in [0, 0.05) is 0 Å². The van der Waals surface area contributed by atoms with Gasteiger partial charge < -0.3 is 0 Å². The molecule has 0 saturated carbocycles. The molecule has 0 N–H and O–H groups in total. The zero-order valence-electron chi connectivity index (χ0n) is 5.26. The van der Waals surface area contributed by atoms with Gasteiger partial charge in [-0.25, -0.2) is 13.2 Å². The van der Waals surface area contributed by atoms with E-state index in [4.69, 9.17) is 0 Å². The van der Waals surface area contributed by atoms with Gasteiger partial charge in [-0.3, -0.25) is 0 Å². The highest BCUT2D eigenvalue weighted by Crippen LogP contribution is 2.05. The van der Waals surface area contributed by atoms with Gasteiger partial charge in [0.1, 0.15) is 20.0 Å².